The van der Waals surface area contributed by atoms with Crippen LogP contribution in [0.5, 0.6) is 0 Å². The highest BCUT2D eigenvalue weighted by atomic mass is 16.3. The summed E-state index contributed by atoms with van der Waals surface area (Å²) in [5.41, 5.74) is 2.60. The third kappa shape index (κ3) is 3.10. The molecule has 0 atom stereocenters. The molecule has 2 fully saturated rings. The molecule has 2 aliphatic carbocycles. The molecule has 0 amide bonds. The number of aromatic nitrogens is 1. The van der Waals surface area contributed by atoms with Crippen molar-refractivity contribution in [1.82, 2.24) is 10.3 Å². The van der Waals surface area contributed by atoms with Crippen LogP contribution in [-0.2, 0) is 13.1 Å². The standard InChI is InChI=1S/C17H21N3O/c1-2-16(21-9-1)12-20(15-5-6-15)17-11-18-8-7-13(17)10-19-14-3-4-14/h1-2,7-9,11,14-15,19H,3-6,10,12H2. The van der Waals surface area contributed by atoms with Crippen molar-refractivity contribution < 1.29 is 4.42 Å². The first-order chi connectivity index (χ1) is 10.4. The van der Waals surface area contributed by atoms with Crippen molar-refractivity contribution in [3.8, 4) is 0 Å². The third-order valence-corrected chi connectivity index (χ3v) is 4.25. The molecule has 0 aromatic carbocycles. The van der Waals surface area contributed by atoms with Crippen molar-refractivity contribution in [2.45, 2.75) is 50.9 Å². The van der Waals surface area contributed by atoms with Crippen LogP contribution in [0.3, 0.4) is 0 Å². The van der Waals surface area contributed by atoms with Gasteiger partial charge in [-0.3, -0.25) is 4.98 Å². The summed E-state index contributed by atoms with van der Waals surface area (Å²) in [6, 6.07) is 7.51. The van der Waals surface area contributed by atoms with E-state index >= 15 is 0 Å². The molecule has 0 unspecified atom stereocenters. The van der Waals surface area contributed by atoms with Gasteiger partial charge in [-0.05, 0) is 49.4 Å². The Bertz CT molecular complexity index is 588. The molecule has 0 saturated heterocycles. The van der Waals surface area contributed by atoms with Gasteiger partial charge in [0, 0.05) is 24.8 Å². The smallest absolute Gasteiger partial charge is 0.123 e. The first kappa shape index (κ1) is 12.9. The van der Waals surface area contributed by atoms with Crippen LogP contribution in [-0.4, -0.2) is 17.1 Å². The van der Waals surface area contributed by atoms with E-state index in [-0.39, 0.29) is 0 Å². The molecule has 0 bridgehead atoms. The monoisotopic (exact) mass is 283 g/mol. The molecule has 0 spiro atoms. The van der Waals surface area contributed by atoms with Crippen LogP contribution < -0.4 is 10.2 Å². The minimum absolute atomic E-state index is 0.638. The van der Waals surface area contributed by atoms with Gasteiger partial charge in [0.05, 0.1) is 24.7 Å². The maximum Gasteiger partial charge on any atom is 0.123 e. The van der Waals surface area contributed by atoms with Crippen molar-refractivity contribution in [2.75, 3.05) is 4.90 Å². The normalized spacial score (nSPS) is 17.9. The van der Waals surface area contributed by atoms with Crippen LogP contribution in [0.4, 0.5) is 5.69 Å². The fraction of sp³-hybridized carbons (Fsp3) is 0.471. The summed E-state index contributed by atoms with van der Waals surface area (Å²) >= 11 is 0. The Hall–Kier alpha value is -1.81. The van der Waals surface area contributed by atoms with E-state index in [0.717, 1.165) is 24.9 Å². The van der Waals surface area contributed by atoms with E-state index in [1.807, 2.05) is 24.5 Å². The number of anilines is 1. The van der Waals surface area contributed by atoms with E-state index in [2.05, 4.69) is 21.3 Å². The quantitative estimate of drug-likeness (QED) is 0.848. The molecule has 0 aliphatic heterocycles. The molecule has 4 heteroatoms. The van der Waals surface area contributed by atoms with Gasteiger partial charge in [-0.1, -0.05) is 0 Å². The fourth-order valence-electron chi connectivity index (χ4n) is 2.73. The number of hydrogen-bond acceptors (Lipinski definition) is 4. The third-order valence-electron chi connectivity index (χ3n) is 4.25. The minimum Gasteiger partial charge on any atom is -0.467 e. The summed E-state index contributed by atoms with van der Waals surface area (Å²) in [6.07, 6.45) is 10.8. The van der Waals surface area contributed by atoms with Crippen LogP contribution in [0.25, 0.3) is 0 Å². The molecule has 2 aromatic heterocycles. The lowest BCUT2D eigenvalue weighted by molar-refractivity contribution is 0.500. The zero-order valence-corrected chi connectivity index (χ0v) is 12.2. The zero-order chi connectivity index (χ0) is 14.1. The average Bonchev–Trinajstić information content (AvgIpc) is 3.44. The number of hydrogen-bond donors (Lipinski definition) is 1. The van der Waals surface area contributed by atoms with Gasteiger partial charge in [-0.25, -0.2) is 0 Å². The molecular formula is C17H21N3O. The maximum absolute atomic E-state index is 5.53. The predicted octanol–water partition coefficient (Wildman–Crippen LogP) is 3.10. The van der Waals surface area contributed by atoms with Crippen molar-refractivity contribution in [2.24, 2.45) is 0 Å². The van der Waals surface area contributed by atoms with Gasteiger partial charge in [0.2, 0.25) is 0 Å². The molecule has 4 rings (SSSR count). The Balaban J connectivity index is 1.56. The van der Waals surface area contributed by atoms with Crippen molar-refractivity contribution in [3.05, 3.63) is 48.2 Å². The number of rotatable bonds is 7. The Kier molecular flexibility index (Phi) is 3.39. The van der Waals surface area contributed by atoms with Gasteiger partial charge < -0.3 is 14.6 Å². The molecule has 4 nitrogen and oxygen atoms in total. The van der Waals surface area contributed by atoms with Crippen LogP contribution >= 0.6 is 0 Å². The molecule has 21 heavy (non-hydrogen) atoms. The minimum atomic E-state index is 0.638. The lowest BCUT2D eigenvalue weighted by Crippen LogP contribution is -2.27. The SMILES string of the molecule is c1coc(CN(c2cnccc2CNC2CC2)C2CC2)c1. The molecule has 2 aromatic rings. The largest absolute Gasteiger partial charge is 0.467 e. The van der Waals surface area contributed by atoms with Crippen molar-refractivity contribution >= 4 is 5.69 Å². The van der Waals surface area contributed by atoms with E-state index in [0.29, 0.717) is 6.04 Å². The molecular weight excluding hydrogens is 262 g/mol. The predicted molar refractivity (Wildman–Crippen MR) is 82.0 cm³/mol. The molecule has 2 heterocycles. The van der Waals surface area contributed by atoms with E-state index in [1.54, 1.807) is 6.26 Å². The van der Waals surface area contributed by atoms with Crippen LogP contribution in [0.15, 0.2) is 41.3 Å². The second-order valence-electron chi connectivity index (χ2n) is 6.10. The lowest BCUT2D eigenvalue weighted by atomic mass is 10.2. The fourth-order valence-corrected chi connectivity index (χ4v) is 2.73. The second-order valence-corrected chi connectivity index (χ2v) is 6.10. The van der Waals surface area contributed by atoms with Crippen LogP contribution in [0, 0.1) is 0 Å². The average molecular weight is 283 g/mol. The van der Waals surface area contributed by atoms with Crippen molar-refractivity contribution in [3.63, 3.8) is 0 Å². The number of furan rings is 1. The topological polar surface area (TPSA) is 41.3 Å². The van der Waals surface area contributed by atoms with E-state index in [9.17, 15) is 0 Å². The Morgan fingerprint density at radius 2 is 2.14 bits per heavy atom. The molecule has 110 valence electrons. The summed E-state index contributed by atoms with van der Waals surface area (Å²) in [5.74, 6) is 1.02. The Morgan fingerprint density at radius 3 is 2.86 bits per heavy atom. The summed E-state index contributed by atoms with van der Waals surface area (Å²) in [5, 5.41) is 3.61. The first-order valence-corrected chi connectivity index (χ1v) is 7.85. The highest BCUT2D eigenvalue weighted by Crippen LogP contribution is 2.35. The summed E-state index contributed by atoms with van der Waals surface area (Å²) < 4.78 is 5.53. The summed E-state index contributed by atoms with van der Waals surface area (Å²) in [4.78, 5) is 6.80. The van der Waals surface area contributed by atoms with Crippen LogP contribution in [0.2, 0.25) is 0 Å². The van der Waals surface area contributed by atoms with Gasteiger partial charge in [-0.15, -0.1) is 0 Å². The van der Waals surface area contributed by atoms with Gasteiger partial charge in [0.1, 0.15) is 5.76 Å². The lowest BCUT2D eigenvalue weighted by Gasteiger charge is -2.26. The number of pyridine rings is 1. The molecule has 2 aliphatic rings. The van der Waals surface area contributed by atoms with Gasteiger partial charge >= 0.3 is 0 Å². The van der Waals surface area contributed by atoms with E-state index < -0.39 is 0 Å². The van der Waals surface area contributed by atoms with Gasteiger partial charge in [-0.2, -0.15) is 0 Å². The Labute approximate surface area is 125 Å². The maximum atomic E-state index is 5.53. The van der Waals surface area contributed by atoms with E-state index in [1.165, 1.54) is 36.9 Å². The molecule has 1 N–H and O–H groups in total. The number of nitrogens with zero attached hydrogens (tertiary/aromatic N) is 2. The molecule has 2 saturated carbocycles. The highest BCUT2D eigenvalue weighted by Gasteiger charge is 2.31. The first-order valence-electron chi connectivity index (χ1n) is 7.85. The van der Waals surface area contributed by atoms with Gasteiger partial charge in [0.25, 0.3) is 0 Å². The number of nitrogens with one attached hydrogen (secondary N) is 1. The highest BCUT2D eigenvalue weighted by molar-refractivity contribution is 5.53. The Morgan fingerprint density at radius 1 is 1.24 bits per heavy atom. The van der Waals surface area contributed by atoms with Gasteiger partial charge in [0.15, 0.2) is 0 Å². The summed E-state index contributed by atoms with van der Waals surface area (Å²) in [6.45, 7) is 1.77. The van der Waals surface area contributed by atoms with E-state index in [4.69, 9.17) is 4.42 Å². The zero-order valence-electron chi connectivity index (χ0n) is 12.2. The molecule has 0 radical (unpaired) electrons. The van der Waals surface area contributed by atoms with Crippen molar-refractivity contribution in [1.29, 1.82) is 0 Å². The van der Waals surface area contributed by atoms with Crippen LogP contribution in [0.1, 0.15) is 37.0 Å². The second kappa shape index (κ2) is 5.53. The summed E-state index contributed by atoms with van der Waals surface area (Å²) in [7, 11) is 0.